The molecule has 0 aromatic heterocycles. The Kier molecular flexibility index (Phi) is 3.35. The first-order valence-electron chi connectivity index (χ1n) is 4.67. The summed E-state index contributed by atoms with van der Waals surface area (Å²) in [6, 6.07) is 6.21. The SMILES string of the molecule is CCc1c(OC)cccc1[C](C)C. The Morgan fingerprint density at radius 1 is 1.31 bits per heavy atom. The summed E-state index contributed by atoms with van der Waals surface area (Å²) in [5, 5.41) is 0. The van der Waals surface area contributed by atoms with Crippen molar-refractivity contribution in [2.24, 2.45) is 0 Å². The summed E-state index contributed by atoms with van der Waals surface area (Å²) in [6.07, 6.45) is 1.02. The molecule has 0 fully saturated rings. The summed E-state index contributed by atoms with van der Waals surface area (Å²) in [5.41, 5.74) is 2.63. The fourth-order valence-corrected chi connectivity index (χ4v) is 1.59. The van der Waals surface area contributed by atoms with E-state index in [-0.39, 0.29) is 0 Å². The molecular formula is C12H17O. The zero-order valence-corrected chi connectivity index (χ0v) is 8.85. The van der Waals surface area contributed by atoms with Crippen LogP contribution in [-0.2, 0) is 6.42 Å². The van der Waals surface area contributed by atoms with Crippen molar-refractivity contribution in [1.82, 2.24) is 0 Å². The topological polar surface area (TPSA) is 9.23 Å². The minimum atomic E-state index is 1.00. The van der Waals surface area contributed by atoms with Crippen LogP contribution < -0.4 is 4.74 Å². The molecule has 0 aliphatic rings. The van der Waals surface area contributed by atoms with Crippen molar-refractivity contribution < 1.29 is 4.74 Å². The molecule has 0 saturated carbocycles. The van der Waals surface area contributed by atoms with Gasteiger partial charge in [0.05, 0.1) is 7.11 Å². The van der Waals surface area contributed by atoms with Gasteiger partial charge in [-0.3, -0.25) is 0 Å². The van der Waals surface area contributed by atoms with Gasteiger partial charge in [-0.2, -0.15) is 0 Å². The van der Waals surface area contributed by atoms with Crippen LogP contribution in [0.4, 0.5) is 0 Å². The molecule has 1 aromatic carbocycles. The van der Waals surface area contributed by atoms with Gasteiger partial charge in [-0.05, 0) is 29.5 Å². The third-order valence-corrected chi connectivity index (χ3v) is 2.25. The van der Waals surface area contributed by atoms with Crippen molar-refractivity contribution in [3.05, 3.63) is 35.2 Å². The van der Waals surface area contributed by atoms with Gasteiger partial charge >= 0.3 is 0 Å². The Morgan fingerprint density at radius 3 is 2.46 bits per heavy atom. The van der Waals surface area contributed by atoms with Gasteiger partial charge in [-0.15, -0.1) is 0 Å². The first kappa shape index (κ1) is 10.1. The van der Waals surface area contributed by atoms with Crippen LogP contribution in [0.1, 0.15) is 31.9 Å². The van der Waals surface area contributed by atoms with Gasteiger partial charge in [0.25, 0.3) is 0 Å². The Morgan fingerprint density at radius 2 is 2.00 bits per heavy atom. The fourth-order valence-electron chi connectivity index (χ4n) is 1.59. The Bertz CT molecular complexity index is 276. The number of rotatable bonds is 3. The summed E-state index contributed by atoms with van der Waals surface area (Å²) in [5.74, 6) is 2.34. The normalized spacial score (nSPS) is 10.5. The predicted octanol–water partition coefficient (Wildman–Crippen LogP) is 3.22. The van der Waals surface area contributed by atoms with Gasteiger partial charge in [-0.1, -0.05) is 32.9 Å². The highest BCUT2D eigenvalue weighted by atomic mass is 16.5. The lowest BCUT2D eigenvalue weighted by atomic mass is 9.95. The summed E-state index contributed by atoms with van der Waals surface area (Å²) in [6.45, 7) is 6.42. The third kappa shape index (κ3) is 2.03. The number of hydrogen-bond donors (Lipinski definition) is 0. The largest absolute Gasteiger partial charge is 0.496 e. The standard InChI is InChI=1S/C12H17O/c1-5-10-11(9(2)3)7-6-8-12(10)13-4/h6-8H,5H2,1-4H3. The van der Waals surface area contributed by atoms with Gasteiger partial charge in [0.2, 0.25) is 0 Å². The van der Waals surface area contributed by atoms with Crippen molar-refractivity contribution in [3.63, 3.8) is 0 Å². The molecule has 0 saturated heterocycles. The average Bonchev–Trinajstić information content (AvgIpc) is 2.16. The minimum Gasteiger partial charge on any atom is -0.496 e. The quantitative estimate of drug-likeness (QED) is 0.688. The fraction of sp³-hybridized carbons (Fsp3) is 0.417. The van der Waals surface area contributed by atoms with Crippen molar-refractivity contribution >= 4 is 0 Å². The van der Waals surface area contributed by atoms with Crippen LogP contribution in [0.3, 0.4) is 0 Å². The predicted molar refractivity (Wildman–Crippen MR) is 56.1 cm³/mol. The first-order chi connectivity index (χ1) is 6.20. The molecule has 1 radical (unpaired) electrons. The number of methoxy groups -OCH3 is 1. The molecule has 0 N–H and O–H groups in total. The van der Waals surface area contributed by atoms with E-state index in [4.69, 9.17) is 4.74 Å². The molecule has 1 heteroatoms. The van der Waals surface area contributed by atoms with Crippen LogP contribution in [0.15, 0.2) is 18.2 Å². The highest BCUT2D eigenvalue weighted by molar-refractivity contribution is 5.45. The Balaban J connectivity index is 3.19. The molecule has 71 valence electrons. The zero-order valence-electron chi connectivity index (χ0n) is 8.85. The molecule has 0 aliphatic carbocycles. The van der Waals surface area contributed by atoms with Crippen molar-refractivity contribution in [2.45, 2.75) is 27.2 Å². The van der Waals surface area contributed by atoms with Crippen LogP contribution in [0, 0.1) is 5.92 Å². The van der Waals surface area contributed by atoms with Crippen LogP contribution >= 0.6 is 0 Å². The van der Waals surface area contributed by atoms with Crippen LogP contribution in [0.5, 0.6) is 5.75 Å². The van der Waals surface area contributed by atoms with Gasteiger partial charge < -0.3 is 4.74 Å². The van der Waals surface area contributed by atoms with Crippen molar-refractivity contribution in [2.75, 3.05) is 7.11 Å². The molecule has 0 heterocycles. The summed E-state index contributed by atoms with van der Waals surface area (Å²) < 4.78 is 5.31. The van der Waals surface area contributed by atoms with E-state index >= 15 is 0 Å². The molecule has 0 atom stereocenters. The lowest BCUT2D eigenvalue weighted by Crippen LogP contribution is -1.98. The van der Waals surface area contributed by atoms with Gasteiger partial charge in [0.1, 0.15) is 5.75 Å². The molecule has 13 heavy (non-hydrogen) atoms. The number of hydrogen-bond acceptors (Lipinski definition) is 1. The molecule has 0 bridgehead atoms. The second-order valence-electron chi connectivity index (χ2n) is 3.34. The van der Waals surface area contributed by atoms with Crippen LogP contribution in [0.25, 0.3) is 0 Å². The summed E-state index contributed by atoms with van der Waals surface area (Å²) >= 11 is 0. The average molecular weight is 177 g/mol. The van der Waals surface area contributed by atoms with E-state index in [2.05, 4.69) is 26.8 Å². The Labute approximate surface area is 80.7 Å². The van der Waals surface area contributed by atoms with Gasteiger partial charge in [0, 0.05) is 0 Å². The lowest BCUT2D eigenvalue weighted by Gasteiger charge is -2.14. The summed E-state index contributed by atoms with van der Waals surface area (Å²) in [7, 11) is 1.73. The monoisotopic (exact) mass is 177 g/mol. The molecule has 0 spiro atoms. The highest BCUT2D eigenvalue weighted by Gasteiger charge is 2.09. The first-order valence-corrected chi connectivity index (χ1v) is 4.67. The molecule has 0 unspecified atom stereocenters. The lowest BCUT2D eigenvalue weighted by molar-refractivity contribution is 0.409. The van der Waals surface area contributed by atoms with E-state index in [1.54, 1.807) is 7.11 Å². The Hall–Kier alpha value is -0.980. The molecular weight excluding hydrogens is 160 g/mol. The maximum Gasteiger partial charge on any atom is 0.122 e. The van der Waals surface area contributed by atoms with Crippen molar-refractivity contribution in [1.29, 1.82) is 0 Å². The second kappa shape index (κ2) is 4.31. The van der Waals surface area contributed by atoms with Crippen LogP contribution in [-0.4, -0.2) is 7.11 Å². The minimum absolute atomic E-state index is 1.00. The molecule has 1 rings (SSSR count). The second-order valence-corrected chi connectivity index (χ2v) is 3.34. The maximum absolute atomic E-state index is 5.31. The smallest absolute Gasteiger partial charge is 0.122 e. The van der Waals surface area contributed by atoms with Crippen LogP contribution in [0.2, 0.25) is 0 Å². The van der Waals surface area contributed by atoms with E-state index in [1.807, 2.05) is 12.1 Å². The highest BCUT2D eigenvalue weighted by Crippen LogP contribution is 2.27. The molecule has 0 amide bonds. The summed E-state index contributed by atoms with van der Waals surface area (Å²) in [4.78, 5) is 0. The van der Waals surface area contributed by atoms with Gasteiger partial charge in [0.15, 0.2) is 0 Å². The molecule has 1 aromatic rings. The van der Waals surface area contributed by atoms with E-state index in [0.29, 0.717) is 0 Å². The molecule has 0 aliphatic heterocycles. The zero-order chi connectivity index (χ0) is 9.84. The van der Waals surface area contributed by atoms with E-state index in [1.165, 1.54) is 17.0 Å². The molecule has 1 nitrogen and oxygen atoms in total. The van der Waals surface area contributed by atoms with Crippen molar-refractivity contribution in [3.8, 4) is 5.75 Å². The maximum atomic E-state index is 5.31. The van der Waals surface area contributed by atoms with E-state index in [0.717, 1.165) is 12.2 Å². The number of ether oxygens (including phenoxy) is 1. The number of benzene rings is 1. The van der Waals surface area contributed by atoms with E-state index < -0.39 is 0 Å². The van der Waals surface area contributed by atoms with Gasteiger partial charge in [-0.25, -0.2) is 0 Å². The third-order valence-electron chi connectivity index (χ3n) is 2.25. The van der Waals surface area contributed by atoms with E-state index in [9.17, 15) is 0 Å².